The molecule has 0 aliphatic rings. The molecule has 0 bridgehead atoms. The van der Waals surface area contributed by atoms with E-state index in [1.165, 1.54) is 10.4 Å². The minimum absolute atomic E-state index is 0.358. The van der Waals surface area contributed by atoms with Crippen molar-refractivity contribution >= 4 is 22.7 Å². The van der Waals surface area contributed by atoms with Gasteiger partial charge in [-0.25, -0.2) is 4.98 Å². The van der Waals surface area contributed by atoms with Crippen LogP contribution in [0.2, 0.25) is 0 Å². The van der Waals surface area contributed by atoms with Crippen LogP contribution in [0.4, 0.5) is 0 Å². The maximum Gasteiger partial charge on any atom is 0.133 e. The van der Waals surface area contributed by atoms with Crippen LogP contribution in [-0.4, -0.2) is 20.8 Å². The Bertz CT molecular complexity index is 684. The molecule has 0 unspecified atom stereocenters. The highest BCUT2D eigenvalue weighted by atomic mass is 32.1. The Morgan fingerprint density at radius 3 is 3.00 bits per heavy atom. The lowest BCUT2D eigenvalue weighted by molar-refractivity contribution is 0.449. The highest BCUT2D eigenvalue weighted by Crippen LogP contribution is 2.27. The van der Waals surface area contributed by atoms with Crippen LogP contribution in [0.3, 0.4) is 0 Å². The molecule has 0 spiro atoms. The van der Waals surface area contributed by atoms with Gasteiger partial charge in [0.25, 0.3) is 0 Å². The Labute approximate surface area is 132 Å². The van der Waals surface area contributed by atoms with Gasteiger partial charge in [0.15, 0.2) is 0 Å². The Hall–Kier alpha value is -1.50. The summed E-state index contributed by atoms with van der Waals surface area (Å²) in [4.78, 5) is 5.92. The molecule has 1 N–H and O–H groups in total. The van der Waals surface area contributed by atoms with Gasteiger partial charge in [-0.2, -0.15) is 5.10 Å². The smallest absolute Gasteiger partial charge is 0.133 e. The zero-order valence-corrected chi connectivity index (χ0v) is 13.7. The first-order chi connectivity index (χ1) is 10.2. The number of aryl methyl sites for hydroxylation is 1. The molecule has 0 fully saturated rings. The van der Waals surface area contributed by atoms with Gasteiger partial charge >= 0.3 is 0 Å². The minimum atomic E-state index is 0.358. The molecule has 6 heteroatoms. The summed E-state index contributed by atoms with van der Waals surface area (Å²) in [6.07, 6.45) is 3.95. The van der Waals surface area contributed by atoms with Crippen LogP contribution in [0.1, 0.15) is 18.2 Å². The zero-order chi connectivity index (χ0) is 14.7. The fraction of sp³-hybridized carbons (Fsp3) is 0.333. The Morgan fingerprint density at radius 1 is 1.38 bits per heavy atom. The van der Waals surface area contributed by atoms with Gasteiger partial charge < -0.3 is 5.32 Å². The van der Waals surface area contributed by atoms with E-state index in [-0.39, 0.29) is 0 Å². The van der Waals surface area contributed by atoms with Crippen molar-refractivity contribution < 1.29 is 0 Å². The van der Waals surface area contributed by atoms with Gasteiger partial charge in [0.1, 0.15) is 5.01 Å². The highest BCUT2D eigenvalue weighted by molar-refractivity contribution is 7.20. The first-order valence-electron chi connectivity index (χ1n) is 6.91. The summed E-state index contributed by atoms with van der Waals surface area (Å²) in [6.45, 7) is 5.89. The lowest BCUT2D eigenvalue weighted by atomic mass is 10.3. The van der Waals surface area contributed by atoms with Crippen molar-refractivity contribution in [2.45, 2.75) is 33.0 Å². The Kier molecular flexibility index (Phi) is 4.48. The standard InChI is InChI=1S/C15H18N4S2/c1-11-6-17-19(8-11)9-12(2)16-7-13-10-21-15(18-13)14-4-3-5-20-14/h3-6,8,10,12,16H,7,9H2,1-2H3/t12-/m0/s1. The molecule has 3 aromatic heterocycles. The van der Waals surface area contributed by atoms with E-state index in [1.807, 2.05) is 10.9 Å². The number of thiophene rings is 1. The second-order valence-electron chi connectivity index (χ2n) is 5.14. The van der Waals surface area contributed by atoms with E-state index in [2.05, 4.69) is 58.3 Å². The molecule has 0 saturated carbocycles. The van der Waals surface area contributed by atoms with E-state index >= 15 is 0 Å². The van der Waals surface area contributed by atoms with Crippen LogP contribution in [0.5, 0.6) is 0 Å². The summed E-state index contributed by atoms with van der Waals surface area (Å²) in [5.41, 5.74) is 2.30. The lowest BCUT2D eigenvalue weighted by Gasteiger charge is -2.12. The van der Waals surface area contributed by atoms with Crippen LogP contribution >= 0.6 is 22.7 Å². The van der Waals surface area contributed by atoms with Gasteiger partial charge in [0.05, 0.1) is 23.3 Å². The first-order valence-corrected chi connectivity index (χ1v) is 8.67. The summed E-state index contributed by atoms with van der Waals surface area (Å²) < 4.78 is 1.98. The summed E-state index contributed by atoms with van der Waals surface area (Å²) in [5.74, 6) is 0. The van der Waals surface area contributed by atoms with Gasteiger partial charge in [-0.3, -0.25) is 4.68 Å². The summed E-state index contributed by atoms with van der Waals surface area (Å²) in [7, 11) is 0. The van der Waals surface area contributed by atoms with Crippen molar-refractivity contribution in [3.8, 4) is 9.88 Å². The molecule has 0 aromatic carbocycles. The van der Waals surface area contributed by atoms with Crippen molar-refractivity contribution in [1.82, 2.24) is 20.1 Å². The molecule has 3 aromatic rings. The van der Waals surface area contributed by atoms with E-state index < -0.39 is 0 Å². The average molecular weight is 318 g/mol. The van der Waals surface area contributed by atoms with Gasteiger partial charge in [-0.05, 0) is 30.9 Å². The van der Waals surface area contributed by atoms with E-state index in [4.69, 9.17) is 0 Å². The summed E-state index contributed by atoms with van der Waals surface area (Å²) in [5, 5.41) is 13.1. The van der Waals surface area contributed by atoms with E-state index in [0.717, 1.165) is 23.8 Å². The first kappa shape index (κ1) is 14.4. The number of aromatic nitrogens is 3. The molecular formula is C15H18N4S2. The normalized spacial score (nSPS) is 12.7. The number of nitrogens with zero attached hydrogens (tertiary/aromatic N) is 3. The van der Waals surface area contributed by atoms with Crippen molar-refractivity contribution in [2.24, 2.45) is 0 Å². The Morgan fingerprint density at radius 2 is 2.29 bits per heavy atom. The third-order valence-electron chi connectivity index (χ3n) is 3.14. The van der Waals surface area contributed by atoms with Crippen LogP contribution < -0.4 is 5.32 Å². The SMILES string of the molecule is Cc1cnn(C[C@H](C)NCc2csc(-c3cccs3)n2)c1. The highest BCUT2D eigenvalue weighted by Gasteiger charge is 2.08. The topological polar surface area (TPSA) is 42.7 Å². The third-order valence-corrected chi connectivity index (χ3v) is 5.07. The summed E-state index contributed by atoms with van der Waals surface area (Å²) >= 11 is 3.44. The van der Waals surface area contributed by atoms with Crippen LogP contribution in [-0.2, 0) is 13.1 Å². The Balaban J connectivity index is 1.53. The third kappa shape index (κ3) is 3.78. The molecular weight excluding hydrogens is 300 g/mol. The maximum atomic E-state index is 4.68. The second-order valence-corrected chi connectivity index (χ2v) is 6.95. The van der Waals surface area contributed by atoms with Gasteiger partial charge in [0, 0.05) is 24.2 Å². The molecule has 4 nitrogen and oxygen atoms in total. The van der Waals surface area contributed by atoms with E-state index in [1.54, 1.807) is 22.7 Å². The molecule has 21 heavy (non-hydrogen) atoms. The largest absolute Gasteiger partial charge is 0.307 e. The van der Waals surface area contributed by atoms with Crippen molar-refractivity contribution in [1.29, 1.82) is 0 Å². The zero-order valence-electron chi connectivity index (χ0n) is 12.1. The van der Waals surface area contributed by atoms with Crippen molar-refractivity contribution in [2.75, 3.05) is 0 Å². The molecule has 3 heterocycles. The predicted molar refractivity (Wildman–Crippen MR) is 88.7 cm³/mol. The molecule has 0 amide bonds. The fourth-order valence-electron chi connectivity index (χ4n) is 2.09. The minimum Gasteiger partial charge on any atom is -0.307 e. The molecule has 0 saturated heterocycles. The molecule has 0 aliphatic heterocycles. The van der Waals surface area contributed by atoms with Crippen molar-refractivity contribution in [3.05, 3.63) is 46.5 Å². The molecule has 110 valence electrons. The van der Waals surface area contributed by atoms with Gasteiger partial charge in [0.2, 0.25) is 0 Å². The van der Waals surface area contributed by atoms with Crippen LogP contribution in [0, 0.1) is 6.92 Å². The summed E-state index contributed by atoms with van der Waals surface area (Å²) in [6, 6.07) is 4.54. The number of thiazole rings is 1. The quantitative estimate of drug-likeness (QED) is 0.756. The number of nitrogens with one attached hydrogen (secondary N) is 1. The maximum absolute atomic E-state index is 4.68. The molecule has 0 aliphatic carbocycles. The fourth-order valence-corrected chi connectivity index (χ4v) is 3.73. The molecule has 3 rings (SSSR count). The molecule has 0 radical (unpaired) electrons. The van der Waals surface area contributed by atoms with Gasteiger partial charge in [-0.1, -0.05) is 6.07 Å². The lowest BCUT2D eigenvalue weighted by Crippen LogP contribution is -2.30. The average Bonchev–Trinajstić information content (AvgIpc) is 3.17. The number of hydrogen-bond acceptors (Lipinski definition) is 5. The monoisotopic (exact) mass is 318 g/mol. The number of rotatable bonds is 6. The second kappa shape index (κ2) is 6.51. The van der Waals surface area contributed by atoms with Gasteiger partial charge in [-0.15, -0.1) is 22.7 Å². The van der Waals surface area contributed by atoms with E-state index in [9.17, 15) is 0 Å². The van der Waals surface area contributed by atoms with Crippen LogP contribution in [0.15, 0.2) is 35.3 Å². The predicted octanol–water partition coefficient (Wildman–Crippen LogP) is 3.55. The van der Waals surface area contributed by atoms with Crippen molar-refractivity contribution in [3.63, 3.8) is 0 Å². The molecule has 1 atom stereocenters. The number of hydrogen-bond donors (Lipinski definition) is 1. The van der Waals surface area contributed by atoms with Crippen LogP contribution in [0.25, 0.3) is 9.88 Å². The van der Waals surface area contributed by atoms with E-state index in [0.29, 0.717) is 6.04 Å².